The fourth-order valence-corrected chi connectivity index (χ4v) is 3.04. The van der Waals surface area contributed by atoms with Crippen LogP contribution in [0.5, 0.6) is 5.75 Å². The molecule has 1 atom stereocenters. The van der Waals surface area contributed by atoms with E-state index in [4.69, 9.17) is 41.2 Å². The number of halogens is 2. The maximum absolute atomic E-state index is 13.5. The number of benzene rings is 1. The summed E-state index contributed by atoms with van der Waals surface area (Å²) < 4.78 is 19.5. The van der Waals surface area contributed by atoms with Crippen molar-refractivity contribution in [2.75, 3.05) is 19.7 Å². The molecule has 0 radical (unpaired) electrons. The zero-order valence-electron chi connectivity index (χ0n) is 15.7. The molecule has 0 amide bonds. The first-order valence-electron chi connectivity index (χ1n) is 8.65. The number of thiophene rings is 1. The van der Waals surface area contributed by atoms with Crippen molar-refractivity contribution < 1.29 is 34.0 Å². The highest BCUT2D eigenvalue weighted by atomic mass is 35.5. The second-order valence-electron chi connectivity index (χ2n) is 5.76. The summed E-state index contributed by atoms with van der Waals surface area (Å²) in [6.45, 7) is 1.56. The molecule has 0 saturated carbocycles. The fraction of sp³-hybridized carbons (Fsp3) is 0.316. The summed E-state index contributed by atoms with van der Waals surface area (Å²) in [6, 6.07) is 6.32. The first-order valence-corrected chi connectivity index (χ1v) is 9.97. The first kappa shape index (κ1) is 25.3. The number of hydrogen-bond donors (Lipinski definition) is 4. The quantitative estimate of drug-likeness (QED) is 0.332. The molecule has 30 heavy (non-hydrogen) atoms. The average molecular weight is 459 g/mol. The van der Waals surface area contributed by atoms with Crippen LogP contribution >= 0.6 is 22.9 Å². The summed E-state index contributed by atoms with van der Waals surface area (Å²) in [4.78, 5) is 18.2. The SMILES string of the molecule is N#Cc1cc(F)c(Cl)cc1O[C@H](CCNCCCO)c1ccsc1.O=C(O)C(=O)O. The van der Waals surface area contributed by atoms with Crippen LogP contribution < -0.4 is 10.1 Å². The number of ether oxygens (including phenoxy) is 1. The number of aliphatic carboxylic acids is 2. The highest BCUT2D eigenvalue weighted by molar-refractivity contribution is 7.07. The highest BCUT2D eigenvalue weighted by Crippen LogP contribution is 2.31. The van der Waals surface area contributed by atoms with Gasteiger partial charge in [0.15, 0.2) is 0 Å². The van der Waals surface area contributed by atoms with E-state index in [9.17, 15) is 9.65 Å². The number of rotatable bonds is 9. The first-order chi connectivity index (χ1) is 14.3. The number of carbonyl (C=O) groups is 2. The van der Waals surface area contributed by atoms with Gasteiger partial charge in [-0.05, 0) is 42.4 Å². The van der Waals surface area contributed by atoms with Crippen LogP contribution in [0.4, 0.5) is 4.39 Å². The standard InChI is InChI=1S/C17H18ClFN2O2S.C2H2O4/c18-14-9-17(13(10-20)8-15(14)19)23-16(12-3-7-24-11-12)2-5-21-4-1-6-22;3-1(4)2(5)6/h3,7-9,11,16,21-22H,1-2,4-6H2;(H,3,4)(H,5,6)/t16-;/m1./s1. The van der Waals surface area contributed by atoms with Gasteiger partial charge in [-0.2, -0.15) is 16.6 Å². The Kier molecular flexibility index (Phi) is 11.4. The molecule has 0 fully saturated rings. The fourth-order valence-electron chi connectivity index (χ4n) is 2.18. The predicted octanol–water partition coefficient (Wildman–Crippen LogP) is 3.05. The van der Waals surface area contributed by atoms with E-state index in [1.54, 1.807) is 11.3 Å². The molecule has 162 valence electrons. The smallest absolute Gasteiger partial charge is 0.414 e. The zero-order valence-corrected chi connectivity index (χ0v) is 17.2. The van der Waals surface area contributed by atoms with Crippen LogP contribution in [-0.2, 0) is 9.59 Å². The van der Waals surface area contributed by atoms with Gasteiger partial charge in [-0.3, -0.25) is 0 Å². The largest absolute Gasteiger partial charge is 0.484 e. The van der Waals surface area contributed by atoms with Gasteiger partial charge in [0.1, 0.15) is 23.7 Å². The van der Waals surface area contributed by atoms with Crippen LogP contribution in [0.15, 0.2) is 29.0 Å². The number of nitrogens with one attached hydrogen (secondary N) is 1. The van der Waals surface area contributed by atoms with Gasteiger partial charge in [0, 0.05) is 24.7 Å². The number of carboxylic acid groups (broad SMARTS) is 2. The third-order valence-electron chi connectivity index (χ3n) is 3.61. The summed E-state index contributed by atoms with van der Waals surface area (Å²) in [5, 5.41) is 39.8. The third-order valence-corrected chi connectivity index (χ3v) is 4.60. The Morgan fingerprint density at radius 3 is 2.53 bits per heavy atom. The second kappa shape index (κ2) is 13.5. The van der Waals surface area contributed by atoms with Crippen LogP contribution in [0.25, 0.3) is 0 Å². The minimum atomic E-state index is -1.82. The van der Waals surface area contributed by atoms with Gasteiger partial charge in [0.2, 0.25) is 0 Å². The second-order valence-corrected chi connectivity index (χ2v) is 6.95. The molecule has 2 aromatic rings. The molecule has 1 aromatic carbocycles. The van der Waals surface area contributed by atoms with Gasteiger partial charge >= 0.3 is 11.9 Å². The lowest BCUT2D eigenvalue weighted by molar-refractivity contribution is -0.159. The lowest BCUT2D eigenvalue weighted by atomic mass is 10.1. The van der Waals surface area contributed by atoms with Gasteiger partial charge in [0.25, 0.3) is 0 Å². The van der Waals surface area contributed by atoms with Crippen molar-refractivity contribution in [2.24, 2.45) is 0 Å². The van der Waals surface area contributed by atoms with Crippen LogP contribution in [0.2, 0.25) is 5.02 Å². The van der Waals surface area contributed by atoms with E-state index in [1.807, 2.05) is 22.9 Å². The van der Waals surface area contributed by atoms with Gasteiger partial charge in [-0.15, -0.1) is 0 Å². The van der Waals surface area contributed by atoms with E-state index in [-0.39, 0.29) is 29.0 Å². The van der Waals surface area contributed by atoms with Crippen molar-refractivity contribution in [1.82, 2.24) is 5.32 Å². The molecule has 2 rings (SSSR count). The van der Waals surface area contributed by atoms with Gasteiger partial charge in [-0.25, -0.2) is 14.0 Å². The summed E-state index contributed by atoms with van der Waals surface area (Å²) in [5.74, 6) is -4.02. The normalized spacial score (nSPS) is 11.0. The Morgan fingerprint density at radius 1 is 1.30 bits per heavy atom. The van der Waals surface area contributed by atoms with Gasteiger partial charge < -0.3 is 25.4 Å². The molecule has 0 bridgehead atoms. The van der Waals surface area contributed by atoms with E-state index in [0.717, 1.165) is 18.2 Å². The number of nitrogens with zero attached hydrogens (tertiary/aromatic N) is 1. The molecule has 1 aromatic heterocycles. The molecule has 0 aliphatic heterocycles. The van der Waals surface area contributed by atoms with E-state index >= 15 is 0 Å². The molecular formula is C19H20ClFN2O6S. The molecular weight excluding hydrogens is 439 g/mol. The molecule has 0 aliphatic rings. The molecule has 0 unspecified atom stereocenters. The van der Waals surface area contributed by atoms with E-state index in [2.05, 4.69) is 5.32 Å². The minimum Gasteiger partial charge on any atom is -0.484 e. The number of hydrogen-bond acceptors (Lipinski definition) is 7. The monoisotopic (exact) mass is 458 g/mol. The molecule has 0 spiro atoms. The molecule has 0 saturated heterocycles. The van der Waals surface area contributed by atoms with Crippen molar-refractivity contribution in [3.63, 3.8) is 0 Å². The lowest BCUT2D eigenvalue weighted by Gasteiger charge is -2.20. The number of aliphatic hydroxyl groups excluding tert-OH is 1. The molecule has 8 nitrogen and oxygen atoms in total. The van der Waals surface area contributed by atoms with E-state index in [0.29, 0.717) is 19.4 Å². The molecule has 1 heterocycles. The average Bonchev–Trinajstić information content (AvgIpc) is 3.24. The predicted molar refractivity (Wildman–Crippen MR) is 108 cm³/mol. The zero-order chi connectivity index (χ0) is 22.5. The highest BCUT2D eigenvalue weighted by Gasteiger charge is 2.17. The summed E-state index contributed by atoms with van der Waals surface area (Å²) in [6.07, 6.45) is 1.09. The number of carboxylic acids is 2. The Morgan fingerprint density at radius 2 is 2.00 bits per heavy atom. The van der Waals surface area contributed by atoms with Crippen molar-refractivity contribution >= 4 is 34.9 Å². The van der Waals surface area contributed by atoms with Crippen molar-refractivity contribution in [2.45, 2.75) is 18.9 Å². The minimum absolute atomic E-state index is 0.0749. The molecule has 4 N–H and O–H groups in total. The van der Waals surface area contributed by atoms with Crippen LogP contribution in [0, 0.1) is 17.1 Å². The maximum atomic E-state index is 13.5. The van der Waals surface area contributed by atoms with Gasteiger partial charge in [-0.1, -0.05) is 11.6 Å². The van der Waals surface area contributed by atoms with Crippen molar-refractivity contribution in [3.05, 3.63) is 50.9 Å². The Hall–Kier alpha value is -2.71. The van der Waals surface area contributed by atoms with Crippen molar-refractivity contribution in [3.8, 4) is 11.8 Å². The Labute approximate surface area is 181 Å². The summed E-state index contributed by atoms with van der Waals surface area (Å²) in [7, 11) is 0. The topological polar surface area (TPSA) is 140 Å². The van der Waals surface area contributed by atoms with Gasteiger partial charge in [0.05, 0.1) is 10.6 Å². The maximum Gasteiger partial charge on any atom is 0.414 e. The third kappa shape index (κ3) is 8.75. The summed E-state index contributed by atoms with van der Waals surface area (Å²) >= 11 is 7.37. The Bertz CT molecular complexity index is 861. The molecule has 11 heteroatoms. The van der Waals surface area contributed by atoms with Crippen LogP contribution in [0.1, 0.15) is 30.1 Å². The van der Waals surface area contributed by atoms with E-state index in [1.165, 1.54) is 6.07 Å². The summed E-state index contributed by atoms with van der Waals surface area (Å²) in [5.41, 5.74) is 1.11. The van der Waals surface area contributed by atoms with Crippen LogP contribution in [0.3, 0.4) is 0 Å². The number of aliphatic hydroxyl groups is 1. The number of nitriles is 1. The molecule has 0 aliphatic carbocycles. The lowest BCUT2D eigenvalue weighted by Crippen LogP contribution is -2.21. The van der Waals surface area contributed by atoms with Crippen molar-refractivity contribution in [1.29, 1.82) is 5.26 Å². The van der Waals surface area contributed by atoms with E-state index < -0.39 is 17.8 Å². The Balaban J connectivity index is 0.000000656. The van der Waals surface area contributed by atoms with Crippen LogP contribution in [-0.4, -0.2) is 47.0 Å².